The summed E-state index contributed by atoms with van der Waals surface area (Å²) in [5, 5.41) is 16.0. The highest BCUT2D eigenvalue weighted by molar-refractivity contribution is 6.04. The Balaban J connectivity index is 2.24. The molecule has 0 bridgehead atoms. The maximum atomic E-state index is 14.2. The minimum Gasteiger partial charge on any atom is -0.402 e. The molecular weight excluding hydrogens is 285 g/mol. The maximum absolute atomic E-state index is 14.2. The van der Waals surface area contributed by atoms with Gasteiger partial charge in [-0.1, -0.05) is 0 Å². The van der Waals surface area contributed by atoms with Crippen LogP contribution < -0.4 is 11.1 Å². The van der Waals surface area contributed by atoms with Gasteiger partial charge < -0.3 is 16.2 Å². The second-order valence-electron chi connectivity index (χ2n) is 4.70. The van der Waals surface area contributed by atoms with E-state index in [4.69, 9.17) is 10.8 Å². The number of halogens is 1. The number of nitrogens with two attached hydrogens (primary N) is 1. The van der Waals surface area contributed by atoms with Crippen molar-refractivity contribution < 1.29 is 9.50 Å². The van der Waals surface area contributed by atoms with Gasteiger partial charge in [0.2, 0.25) is 0 Å². The van der Waals surface area contributed by atoms with E-state index < -0.39 is 5.82 Å². The van der Waals surface area contributed by atoms with Crippen LogP contribution in [0.1, 0.15) is 12.6 Å². The van der Waals surface area contributed by atoms with Crippen molar-refractivity contribution in [3.63, 3.8) is 0 Å². The molecule has 116 valence electrons. The fourth-order valence-electron chi connectivity index (χ4n) is 1.85. The van der Waals surface area contributed by atoms with Crippen LogP contribution >= 0.6 is 0 Å². The Morgan fingerprint density at radius 1 is 1.50 bits per heavy atom. The molecule has 0 amide bonds. The Bertz CT molecular complexity index is 716. The first-order chi connectivity index (χ1) is 10.5. The highest BCUT2D eigenvalue weighted by Gasteiger charge is 2.07. The standard InChI is InChI=1S/C15H18FN5O/c1-10(17)7-15(18-2)19-14-4-3-12(8-13(14)16)21-6-5-11(9-22)20-21/h3-8,22H,9,17H2,1-2H3,(H,18,19). The number of nitrogens with zero attached hydrogens (tertiary/aromatic N) is 3. The van der Waals surface area contributed by atoms with Crippen molar-refractivity contribution in [3.8, 4) is 5.69 Å². The van der Waals surface area contributed by atoms with Gasteiger partial charge in [0.05, 0.1) is 23.7 Å². The molecule has 0 spiro atoms. The second-order valence-corrected chi connectivity index (χ2v) is 4.70. The molecular formula is C15H18FN5O. The van der Waals surface area contributed by atoms with Gasteiger partial charge in [-0.3, -0.25) is 4.99 Å². The minimum atomic E-state index is -0.442. The summed E-state index contributed by atoms with van der Waals surface area (Å²) in [7, 11) is 1.59. The molecule has 1 aromatic carbocycles. The molecule has 0 fully saturated rings. The monoisotopic (exact) mass is 303 g/mol. The van der Waals surface area contributed by atoms with Crippen molar-refractivity contribution in [1.82, 2.24) is 9.78 Å². The van der Waals surface area contributed by atoms with E-state index in [0.29, 0.717) is 22.9 Å². The van der Waals surface area contributed by atoms with Gasteiger partial charge in [-0.05, 0) is 31.2 Å². The lowest BCUT2D eigenvalue weighted by atomic mass is 10.2. The van der Waals surface area contributed by atoms with Gasteiger partial charge in [0, 0.05) is 25.0 Å². The van der Waals surface area contributed by atoms with Crippen LogP contribution in [0, 0.1) is 5.82 Å². The molecule has 0 aliphatic heterocycles. The van der Waals surface area contributed by atoms with Crippen LogP contribution in [0.15, 0.2) is 47.2 Å². The van der Waals surface area contributed by atoms with Crippen molar-refractivity contribution in [2.45, 2.75) is 13.5 Å². The van der Waals surface area contributed by atoms with Crippen molar-refractivity contribution >= 4 is 11.5 Å². The molecule has 0 aliphatic rings. The molecule has 4 N–H and O–H groups in total. The fraction of sp³-hybridized carbons (Fsp3) is 0.200. The number of aromatic nitrogens is 2. The second kappa shape index (κ2) is 6.86. The molecule has 0 unspecified atom stereocenters. The quantitative estimate of drug-likeness (QED) is 0.593. The maximum Gasteiger partial charge on any atom is 0.148 e. The van der Waals surface area contributed by atoms with E-state index in [0.717, 1.165) is 0 Å². The number of nitrogens with one attached hydrogen (secondary N) is 1. The number of aliphatic hydroxyl groups excluding tert-OH is 1. The molecule has 0 saturated heterocycles. The van der Waals surface area contributed by atoms with Crippen molar-refractivity contribution in [2.24, 2.45) is 10.7 Å². The Morgan fingerprint density at radius 2 is 2.27 bits per heavy atom. The highest BCUT2D eigenvalue weighted by Crippen LogP contribution is 2.18. The van der Waals surface area contributed by atoms with Crippen LogP contribution in [-0.4, -0.2) is 27.8 Å². The van der Waals surface area contributed by atoms with Crippen molar-refractivity contribution in [1.29, 1.82) is 0 Å². The minimum absolute atomic E-state index is 0.157. The normalized spacial score (nSPS) is 12.5. The number of hydrogen-bond donors (Lipinski definition) is 3. The number of benzene rings is 1. The third-order valence-corrected chi connectivity index (χ3v) is 2.89. The van der Waals surface area contributed by atoms with Crippen LogP contribution in [0.2, 0.25) is 0 Å². The molecule has 1 heterocycles. The van der Waals surface area contributed by atoms with Gasteiger partial charge in [0.25, 0.3) is 0 Å². The summed E-state index contributed by atoms with van der Waals surface area (Å²) >= 11 is 0. The topological polar surface area (TPSA) is 88.5 Å². The lowest BCUT2D eigenvalue weighted by molar-refractivity contribution is 0.276. The first kappa shape index (κ1) is 15.7. The summed E-state index contributed by atoms with van der Waals surface area (Å²) in [4.78, 5) is 4.00. The summed E-state index contributed by atoms with van der Waals surface area (Å²) in [6.07, 6.45) is 3.28. The van der Waals surface area contributed by atoms with Crippen LogP contribution in [0.5, 0.6) is 0 Å². The Hall–Kier alpha value is -2.67. The van der Waals surface area contributed by atoms with Gasteiger partial charge in [0.15, 0.2) is 0 Å². The highest BCUT2D eigenvalue weighted by atomic mass is 19.1. The predicted molar refractivity (Wildman–Crippen MR) is 84.4 cm³/mol. The number of aliphatic hydroxyl groups is 1. The first-order valence-corrected chi connectivity index (χ1v) is 6.66. The van der Waals surface area contributed by atoms with Crippen LogP contribution in [0.4, 0.5) is 10.1 Å². The number of anilines is 1. The molecule has 7 heteroatoms. The first-order valence-electron chi connectivity index (χ1n) is 6.66. The van der Waals surface area contributed by atoms with Crippen molar-refractivity contribution in [3.05, 3.63) is 53.7 Å². The Labute approximate surface area is 127 Å². The lowest BCUT2D eigenvalue weighted by Gasteiger charge is -2.09. The third-order valence-electron chi connectivity index (χ3n) is 2.89. The van der Waals surface area contributed by atoms with Crippen LogP contribution in [0.25, 0.3) is 5.69 Å². The SMILES string of the molecule is CN=C(C=C(C)N)Nc1ccc(-n2ccc(CO)n2)cc1F. The Morgan fingerprint density at radius 3 is 2.82 bits per heavy atom. The molecule has 6 nitrogen and oxygen atoms in total. The molecule has 2 aromatic rings. The van der Waals surface area contributed by atoms with Gasteiger partial charge in [-0.15, -0.1) is 0 Å². The predicted octanol–water partition coefficient (Wildman–Crippen LogP) is 1.81. The number of amidine groups is 1. The van der Waals surface area contributed by atoms with E-state index in [-0.39, 0.29) is 12.3 Å². The average Bonchev–Trinajstić information content (AvgIpc) is 2.97. The average molecular weight is 303 g/mol. The number of hydrogen-bond acceptors (Lipinski definition) is 4. The van der Waals surface area contributed by atoms with Crippen molar-refractivity contribution in [2.75, 3.05) is 12.4 Å². The molecule has 2 rings (SSSR count). The van der Waals surface area contributed by atoms with E-state index in [2.05, 4.69) is 15.4 Å². The van der Waals surface area contributed by atoms with Crippen LogP contribution in [0.3, 0.4) is 0 Å². The van der Waals surface area contributed by atoms with Crippen LogP contribution in [-0.2, 0) is 6.61 Å². The number of rotatable bonds is 4. The van der Waals surface area contributed by atoms with Gasteiger partial charge in [-0.25, -0.2) is 9.07 Å². The van der Waals surface area contributed by atoms with Gasteiger partial charge in [0.1, 0.15) is 11.7 Å². The summed E-state index contributed by atoms with van der Waals surface area (Å²) in [6, 6.07) is 6.32. The summed E-state index contributed by atoms with van der Waals surface area (Å²) < 4.78 is 15.7. The van der Waals surface area contributed by atoms with Gasteiger partial charge in [-0.2, -0.15) is 5.10 Å². The molecule has 1 aromatic heterocycles. The van der Waals surface area contributed by atoms with E-state index in [1.165, 1.54) is 10.7 Å². The molecule has 0 radical (unpaired) electrons. The Kier molecular flexibility index (Phi) is 4.90. The number of allylic oxidation sites excluding steroid dienone is 1. The molecule has 0 aliphatic carbocycles. The third kappa shape index (κ3) is 3.70. The fourth-order valence-corrected chi connectivity index (χ4v) is 1.85. The largest absolute Gasteiger partial charge is 0.402 e. The summed E-state index contributed by atoms with van der Waals surface area (Å²) in [5.41, 5.74) is 7.53. The van der Waals surface area contributed by atoms with Gasteiger partial charge >= 0.3 is 0 Å². The lowest BCUT2D eigenvalue weighted by Crippen LogP contribution is -2.12. The molecule has 0 atom stereocenters. The molecule has 0 saturated carbocycles. The summed E-state index contributed by atoms with van der Waals surface area (Å²) in [5.74, 6) is 0.0241. The molecule has 22 heavy (non-hydrogen) atoms. The van der Waals surface area contributed by atoms with E-state index in [1.807, 2.05) is 0 Å². The van der Waals surface area contributed by atoms with E-state index in [1.54, 1.807) is 44.4 Å². The zero-order chi connectivity index (χ0) is 16.1. The zero-order valence-electron chi connectivity index (χ0n) is 12.4. The summed E-state index contributed by atoms with van der Waals surface area (Å²) in [6.45, 7) is 1.57. The zero-order valence-corrected chi connectivity index (χ0v) is 12.4. The van der Waals surface area contributed by atoms with E-state index >= 15 is 0 Å². The van der Waals surface area contributed by atoms with E-state index in [9.17, 15) is 4.39 Å². The smallest absolute Gasteiger partial charge is 0.148 e. The number of aliphatic imine (C=N–C) groups is 1.